The molecule has 0 saturated carbocycles. The van der Waals surface area contributed by atoms with Gasteiger partial charge in [0, 0.05) is 38.1 Å². The van der Waals surface area contributed by atoms with Gasteiger partial charge in [-0.15, -0.1) is 34.2 Å². The Bertz CT molecular complexity index is 745. The van der Waals surface area contributed by atoms with Gasteiger partial charge in [0.15, 0.2) is 11.8 Å². The first-order chi connectivity index (χ1) is 12.2. The van der Waals surface area contributed by atoms with Crippen LogP contribution < -0.4 is 5.32 Å². The summed E-state index contributed by atoms with van der Waals surface area (Å²) in [5.74, 6) is 2.87. The number of halogens is 2. The average molecular weight is 489 g/mol. The molecule has 3 rings (SSSR count). The third kappa shape index (κ3) is 5.09. The number of aromatic nitrogens is 3. The van der Waals surface area contributed by atoms with E-state index in [1.165, 1.54) is 12.8 Å². The van der Waals surface area contributed by atoms with E-state index in [2.05, 4.69) is 31.9 Å². The highest BCUT2D eigenvalue weighted by molar-refractivity contribution is 14.0. The number of nitrogens with one attached hydrogen (secondary N) is 1. The minimum absolute atomic E-state index is 0. The molecule has 0 fully saturated rings. The predicted octanol–water partition coefficient (Wildman–Crippen LogP) is 3.48. The Labute approximate surface area is 177 Å². The normalized spacial score (nSPS) is 13.7. The lowest BCUT2D eigenvalue weighted by Gasteiger charge is -2.22. The number of hydrogen-bond donors (Lipinski definition) is 1. The summed E-state index contributed by atoms with van der Waals surface area (Å²) in [5.41, 5.74) is 1.08. The fraction of sp³-hybridized carbons (Fsp3) is 0.500. The molecular weight excluding hydrogens is 463 g/mol. The molecule has 142 valence electrons. The van der Waals surface area contributed by atoms with Gasteiger partial charge < -0.3 is 14.8 Å². The minimum atomic E-state index is 0. The molecule has 1 aromatic carbocycles. The molecule has 0 spiro atoms. The van der Waals surface area contributed by atoms with Crippen molar-refractivity contribution in [2.45, 2.75) is 45.8 Å². The van der Waals surface area contributed by atoms with Crippen molar-refractivity contribution in [2.24, 2.45) is 4.99 Å². The summed E-state index contributed by atoms with van der Waals surface area (Å²) in [7, 11) is 2.02. The maximum Gasteiger partial charge on any atom is 0.194 e. The number of nitrogens with zero attached hydrogens (tertiary/aromatic N) is 5. The van der Waals surface area contributed by atoms with Crippen molar-refractivity contribution >= 4 is 41.5 Å². The Hall–Kier alpha value is -1.35. The van der Waals surface area contributed by atoms with Gasteiger partial charge in [0.1, 0.15) is 12.4 Å². The van der Waals surface area contributed by atoms with Crippen molar-refractivity contribution in [3.8, 4) is 0 Å². The summed E-state index contributed by atoms with van der Waals surface area (Å²) in [6, 6.07) is 7.90. The zero-order valence-corrected chi connectivity index (χ0v) is 18.4. The highest BCUT2D eigenvalue weighted by atomic mass is 127. The Balaban J connectivity index is 0.00000243. The van der Waals surface area contributed by atoms with Gasteiger partial charge in [-0.25, -0.2) is 4.99 Å². The van der Waals surface area contributed by atoms with E-state index in [4.69, 9.17) is 16.6 Å². The number of rotatable bonds is 5. The molecular formula is C18H26ClIN6. The van der Waals surface area contributed by atoms with Crippen LogP contribution in [0.4, 0.5) is 0 Å². The van der Waals surface area contributed by atoms with Crippen LogP contribution in [0.15, 0.2) is 29.3 Å². The fourth-order valence-electron chi connectivity index (χ4n) is 3.06. The van der Waals surface area contributed by atoms with Crippen LogP contribution in [-0.4, -0.2) is 39.2 Å². The lowest BCUT2D eigenvalue weighted by Crippen LogP contribution is -2.38. The zero-order chi connectivity index (χ0) is 17.6. The van der Waals surface area contributed by atoms with Crippen LogP contribution >= 0.6 is 35.6 Å². The number of guanidine groups is 1. The summed E-state index contributed by atoms with van der Waals surface area (Å²) in [4.78, 5) is 6.84. The lowest BCUT2D eigenvalue weighted by atomic mass is 10.2. The maximum atomic E-state index is 6.28. The topological polar surface area (TPSA) is 58.3 Å². The van der Waals surface area contributed by atoms with Crippen LogP contribution in [0.1, 0.15) is 37.0 Å². The second-order valence-corrected chi connectivity index (χ2v) is 6.67. The van der Waals surface area contributed by atoms with Crippen molar-refractivity contribution in [3.63, 3.8) is 0 Å². The molecule has 2 heterocycles. The molecule has 0 atom stereocenters. The molecule has 2 aromatic rings. The van der Waals surface area contributed by atoms with Gasteiger partial charge in [0.25, 0.3) is 0 Å². The van der Waals surface area contributed by atoms with Gasteiger partial charge in [-0.3, -0.25) is 0 Å². The van der Waals surface area contributed by atoms with Crippen LogP contribution in [0.25, 0.3) is 0 Å². The van der Waals surface area contributed by atoms with E-state index in [-0.39, 0.29) is 24.0 Å². The maximum absolute atomic E-state index is 6.28. The smallest absolute Gasteiger partial charge is 0.194 e. The first-order valence-corrected chi connectivity index (χ1v) is 9.20. The molecule has 1 aliphatic heterocycles. The molecule has 26 heavy (non-hydrogen) atoms. The monoisotopic (exact) mass is 488 g/mol. The van der Waals surface area contributed by atoms with Crippen molar-refractivity contribution in [2.75, 3.05) is 13.6 Å². The second kappa shape index (κ2) is 10.1. The van der Waals surface area contributed by atoms with Gasteiger partial charge in [0.05, 0.1) is 0 Å². The summed E-state index contributed by atoms with van der Waals surface area (Å²) >= 11 is 6.28. The molecule has 0 unspecified atom stereocenters. The molecule has 6 nitrogen and oxygen atoms in total. The lowest BCUT2D eigenvalue weighted by molar-refractivity contribution is 0.474. The van der Waals surface area contributed by atoms with E-state index in [0.29, 0.717) is 13.1 Å². The second-order valence-electron chi connectivity index (χ2n) is 6.26. The van der Waals surface area contributed by atoms with Gasteiger partial charge >= 0.3 is 0 Å². The zero-order valence-electron chi connectivity index (χ0n) is 15.3. The van der Waals surface area contributed by atoms with E-state index in [1.807, 2.05) is 31.3 Å². The van der Waals surface area contributed by atoms with Crippen LogP contribution in [0.5, 0.6) is 0 Å². The van der Waals surface area contributed by atoms with E-state index < -0.39 is 0 Å². The Morgan fingerprint density at radius 1 is 1.31 bits per heavy atom. The molecule has 1 aromatic heterocycles. The summed E-state index contributed by atoms with van der Waals surface area (Å²) in [5, 5.41) is 12.7. The largest absolute Gasteiger partial charge is 0.357 e. The average Bonchev–Trinajstić information content (AvgIpc) is 3.04. The third-order valence-corrected chi connectivity index (χ3v) is 4.74. The van der Waals surface area contributed by atoms with Crippen LogP contribution in [0.3, 0.4) is 0 Å². The molecule has 0 bridgehead atoms. The Morgan fingerprint density at radius 2 is 2.12 bits per heavy atom. The molecule has 8 heteroatoms. The summed E-state index contributed by atoms with van der Waals surface area (Å²) in [6.07, 6.45) is 3.40. The van der Waals surface area contributed by atoms with E-state index in [0.717, 1.165) is 47.7 Å². The number of fused-ring (bicyclic) bond motifs is 1. The van der Waals surface area contributed by atoms with Crippen LogP contribution in [-0.2, 0) is 26.1 Å². The molecule has 0 amide bonds. The first kappa shape index (κ1) is 21.0. The van der Waals surface area contributed by atoms with Crippen molar-refractivity contribution in [3.05, 3.63) is 46.5 Å². The third-order valence-electron chi connectivity index (χ3n) is 4.37. The van der Waals surface area contributed by atoms with Crippen molar-refractivity contribution < 1.29 is 0 Å². The van der Waals surface area contributed by atoms with Gasteiger partial charge in [0.2, 0.25) is 0 Å². The number of benzene rings is 1. The minimum Gasteiger partial charge on any atom is -0.357 e. The van der Waals surface area contributed by atoms with Gasteiger partial charge in [-0.05, 0) is 31.4 Å². The molecule has 1 aliphatic rings. The van der Waals surface area contributed by atoms with Gasteiger partial charge in [-0.1, -0.05) is 29.8 Å². The number of hydrogen-bond acceptors (Lipinski definition) is 3. The van der Waals surface area contributed by atoms with Crippen LogP contribution in [0.2, 0.25) is 5.02 Å². The summed E-state index contributed by atoms with van der Waals surface area (Å²) < 4.78 is 2.21. The highest BCUT2D eigenvalue weighted by Gasteiger charge is 2.16. The molecule has 0 radical (unpaired) electrons. The predicted molar refractivity (Wildman–Crippen MR) is 116 cm³/mol. The molecule has 0 saturated heterocycles. The quantitative estimate of drug-likeness (QED) is 0.398. The number of aliphatic imine (C=N–C) groups is 1. The SMILES string of the molecule is CCNC(=NCc1nnc2n1CCCC2)N(C)Cc1ccccc1Cl.I. The van der Waals surface area contributed by atoms with Crippen molar-refractivity contribution in [1.82, 2.24) is 25.0 Å². The van der Waals surface area contributed by atoms with Crippen molar-refractivity contribution in [1.29, 1.82) is 0 Å². The standard InChI is InChI=1S/C18H25ClN6.HI/c1-3-20-18(24(2)13-14-8-4-5-9-15(14)19)21-12-17-23-22-16-10-6-7-11-25(16)17;/h4-5,8-9H,3,6-7,10-13H2,1-2H3,(H,20,21);1H. The van der Waals surface area contributed by atoms with E-state index >= 15 is 0 Å². The highest BCUT2D eigenvalue weighted by Crippen LogP contribution is 2.17. The summed E-state index contributed by atoms with van der Waals surface area (Å²) in [6.45, 7) is 5.10. The Morgan fingerprint density at radius 3 is 2.88 bits per heavy atom. The van der Waals surface area contributed by atoms with Crippen LogP contribution in [0, 0.1) is 0 Å². The van der Waals surface area contributed by atoms with E-state index in [1.54, 1.807) is 0 Å². The number of aryl methyl sites for hydroxylation is 1. The molecule has 0 aliphatic carbocycles. The Kier molecular flexibility index (Phi) is 8.15. The van der Waals surface area contributed by atoms with E-state index in [9.17, 15) is 0 Å². The first-order valence-electron chi connectivity index (χ1n) is 8.83. The fourth-order valence-corrected chi connectivity index (χ4v) is 3.25. The van der Waals surface area contributed by atoms with Gasteiger partial charge in [-0.2, -0.15) is 0 Å². The molecule has 1 N–H and O–H groups in total.